The van der Waals surface area contributed by atoms with Gasteiger partial charge in [0.1, 0.15) is 0 Å². The number of nitrogens with one attached hydrogen (secondary N) is 1. The molecule has 1 fully saturated rings. The first-order valence-corrected chi connectivity index (χ1v) is 7.26. The molecule has 0 bridgehead atoms. The third-order valence-electron chi connectivity index (χ3n) is 4.50. The van der Waals surface area contributed by atoms with Gasteiger partial charge in [-0.15, -0.1) is 0 Å². The molecule has 0 aromatic heterocycles. The number of fused-ring (bicyclic) bond motifs is 1. The van der Waals surface area contributed by atoms with Crippen LogP contribution in [0.2, 0.25) is 0 Å². The van der Waals surface area contributed by atoms with Gasteiger partial charge in [-0.05, 0) is 55.5 Å². The fourth-order valence-corrected chi connectivity index (χ4v) is 3.22. The van der Waals surface area contributed by atoms with Crippen LogP contribution in [0, 0.1) is 5.92 Å². The zero-order valence-electron chi connectivity index (χ0n) is 13.2. The third-order valence-corrected chi connectivity index (χ3v) is 4.50. The summed E-state index contributed by atoms with van der Waals surface area (Å²) in [6.07, 6.45) is 3.85. The summed E-state index contributed by atoms with van der Waals surface area (Å²) >= 11 is 0. The average molecular weight is 278 g/mol. The molecule has 4 heteroatoms. The van der Waals surface area contributed by atoms with Gasteiger partial charge in [-0.2, -0.15) is 0 Å². The predicted molar refractivity (Wildman–Crippen MR) is 81.4 cm³/mol. The molecule has 0 amide bonds. The maximum Gasteiger partial charge on any atom is 1.00 e. The van der Waals surface area contributed by atoms with Gasteiger partial charge in [0, 0.05) is 19.1 Å². The van der Waals surface area contributed by atoms with Crippen molar-refractivity contribution in [1.82, 2.24) is 10.2 Å². The van der Waals surface area contributed by atoms with Crippen LogP contribution in [0.15, 0.2) is 18.2 Å². The molecule has 1 unspecified atom stereocenters. The van der Waals surface area contributed by atoms with Crippen LogP contribution in [-0.2, 0) is 13.0 Å². The summed E-state index contributed by atoms with van der Waals surface area (Å²) in [5.41, 5.74) is 4.60. The molecule has 0 spiro atoms. The zero-order chi connectivity index (χ0) is 12.5. The number of piperidine rings is 1. The molecule has 2 aliphatic heterocycles. The minimum atomic E-state index is 0. The second-order valence-electron chi connectivity index (χ2n) is 6.16. The third kappa shape index (κ3) is 4.11. The maximum atomic E-state index is 3.69. The second-order valence-corrected chi connectivity index (χ2v) is 6.16. The Kier molecular flexibility index (Phi) is 7.30. The van der Waals surface area contributed by atoms with Crippen molar-refractivity contribution in [1.29, 1.82) is 0 Å². The molecule has 0 aliphatic carbocycles. The maximum absolute atomic E-state index is 3.69. The summed E-state index contributed by atoms with van der Waals surface area (Å²) in [7, 11) is 2.22. The summed E-state index contributed by atoms with van der Waals surface area (Å²) in [6, 6.07) is 7.73. The van der Waals surface area contributed by atoms with Crippen LogP contribution in [0.25, 0.3) is 0 Å². The van der Waals surface area contributed by atoms with Gasteiger partial charge in [-0.3, -0.25) is 0 Å². The Bertz CT molecular complexity index is 430. The van der Waals surface area contributed by atoms with E-state index in [0.29, 0.717) is 6.04 Å². The standard InChI is InChI=1S/C16H24N2.B.Na/c1-12-3-6-16(17-10-12)14-5-4-13-7-8-18(2)11-15(13)9-14;;/h4-5,9,12,16-17H,3,6-8,10-11H2,1-2H3;;/q;-1;+1/t12-,16?;;/m0../s1. The Balaban J connectivity index is 0.000001000. The first kappa shape index (κ1) is 18.3. The average Bonchev–Trinajstić information content (AvgIpc) is 2.38. The van der Waals surface area contributed by atoms with Gasteiger partial charge < -0.3 is 18.6 Å². The van der Waals surface area contributed by atoms with E-state index in [-0.39, 0.29) is 38.0 Å². The molecular weight excluding hydrogens is 254 g/mol. The van der Waals surface area contributed by atoms with Crippen LogP contribution in [-0.4, -0.2) is 33.5 Å². The van der Waals surface area contributed by atoms with E-state index in [1.165, 1.54) is 37.9 Å². The normalized spacial score (nSPS) is 26.1. The first-order chi connectivity index (χ1) is 8.72. The van der Waals surface area contributed by atoms with Crippen LogP contribution in [0.3, 0.4) is 0 Å². The minimum absolute atomic E-state index is 0. The largest absolute Gasteiger partial charge is 1.00 e. The zero-order valence-corrected chi connectivity index (χ0v) is 15.2. The molecule has 1 saturated heterocycles. The Morgan fingerprint density at radius 3 is 2.70 bits per heavy atom. The van der Waals surface area contributed by atoms with Crippen molar-refractivity contribution in [3.8, 4) is 0 Å². The van der Waals surface area contributed by atoms with E-state index in [2.05, 4.69) is 42.4 Å². The molecule has 102 valence electrons. The molecule has 2 atom stereocenters. The summed E-state index contributed by atoms with van der Waals surface area (Å²) in [4.78, 5) is 2.42. The first-order valence-electron chi connectivity index (χ1n) is 7.26. The van der Waals surface area contributed by atoms with Crippen LogP contribution in [0.4, 0.5) is 0 Å². The van der Waals surface area contributed by atoms with Crippen molar-refractivity contribution in [2.75, 3.05) is 20.1 Å². The van der Waals surface area contributed by atoms with Crippen LogP contribution >= 0.6 is 0 Å². The molecule has 3 rings (SSSR count). The van der Waals surface area contributed by atoms with E-state index in [1.54, 1.807) is 11.1 Å². The van der Waals surface area contributed by atoms with Crippen molar-refractivity contribution in [2.45, 2.75) is 38.8 Å². The quantitative estimate of drug-likeness (QED) is 0.687. The number of nitrogens with zero attached hydrogens (tertiary/aromatic N) is 1. The molecule has 4 radical (unpaired) electrons. The Morgan fingerprint density at radius 1 is 1.20 bits per heavy atom. The fourth-order valence-electron chi connectivity index (χ4n) is 3.22. The number of hydrogen-bond acceptors (Lipinski definition) is 2. The van der Waals surface area contributed by atoms with Crippen molar-refractivity contribution >= 4 is 8.41 Å². The van der Waals surface area contributed by atoms with E-state index in [1.807, 2.05) is 0 Å². The molecule has 2 aliphatic rings. The van der Waals surface area contributed by atoms with Gasteiger partial charge in [0.15, 0.2) is 0 Å². The second kappa shape index (κ2) is 8.00. The van der Waals surface area contributed by atoms with Gasteiger partial charge >= 0.3 is 29.6 Å². The van der Waals surface area contributed by atoms with Crippen LogP contribution in [0.5, 0.6) is 0 Å². The summed E-state index contributed by atoms with van der Waals surface area (Å²) in [6.45, 7) is 5.82. The summed E-state index contributed by atoms with van der Waals surface area (Å²) in [5.74, 6) is 0.838. The van der Waals surface area contributed by atoms with Crippen LogP contribution in [0.1, 0.15) is 42.5 Å². The molecule has 1 N–H and O–H groups in total. The minimum Gasteiger partial charge on any atom is -1.00 e. The summed E-state index contributed by atoms with van der Waals surface area (Å²) in [5, 5.41) is 3.69. The number of rotatable bonds is 1. The molecule has 1 aromatic carbocycles. The number of hydrogen-bond donors (Lipinski definition) is 1. The summed E-state index contributed by atoms with van der Waals surface area (Å²) < 4.78 is 0. The number of benzene rings is 1. The van der Waals surface area contributed by atoms with E-state index in [0.717, 1.165) is 12.5 Å². The van der Waals surface area contributed by atoms with Gasteiger partial charge in [-0.25, -0.2) is 0 Å². The SMILES string of the molecule is C[C@H]1CCC(c2ccc3c(c2)CN(C)CC3)NC1.[B-].[Na+]. The van der Waals surface area contributed by atoms with Crippen molar-refractivity contribution in [3.05, 3.63) is 34.9 Å². The topological polar surface area (TPSA) is 15.3 Å². The smallest absolute Gasteiger partial charge is 1.00 e. The fraction of sp³-hybridized carbons (Fsp3) is 0.625. The molecule has 1 aromatic rings. The van der Waals surface area contributed by atoms with Gasteiger partial charge in [0.2, 0.25) is 0 Å². The monoisotopic (exact) mass is 278 g/mol. The van der Waals surface area contributed by atoms with Gasteiger partial charge in [0.25, 0.3) is 0 Å². The van der Waals surface area contributed by atoms with E-state index >= 15 is 0 Å². The predicted octanol–water partition coefficient (Wildman–Crippen LogP) is -0.642. The van der Waals surface area contributed by atoms with Crippen molar-refractivity contribution in [2.24, 2.45) is 5.92 Å². The van der Waals surface area contributed by atoms with Crippen molar-refractivity contribution in [3.63, 3.8) is 0 Å². The molecular formula is C16H24BN2Na. The van der Waals surface area contributed by atoms with E-state index < -0.39 is 0 Å². The van der Waals surface area contributed by atoms with Crippen LogP contribution < -0.4 is 34.9 Å². The van der Waals surface area contributed by atoms with Gasteiger partial charge in [-0.1, -0.05) is 25.1 Å². The van der Waals surface area contributed by atoms with E-state index in [9.17, 15) is 0 Å². The number of likely N-dealkylation sites (N-methyl/N-ethyl adjacent to an activating group) is 1. The van der Waals surface area contributed by atoms with E-state index in [4.69, 9.17) is 0 Å². The molecule has 20 heavy (non-hydrogen) atoms. The Hall–Kier alpha value is 0.205. The molecule has 2 nitrogen and oxygen atoms in total. The molecule has 0 saturated carbocycles. The van der Waals surface area contributed by atoms with Gasteiger partial charge in [0.05, 0.1) is 0 Å². The Labute approximate surface area is 147 Å². The molecule has 2 heterocycles. The Morgan fingerprint density at radius 2 is 2.00 bits per heavy atom. The van der Waals surface area contributed by atoms with Crippen molar-refractivity contribution < 1.29 is 29.6 Å².